The Labute approximate surface area is 156 Å². The van der Waals surface area contributed by atoms with Gasteiger partial charge in [-0.1, -0.05) is 12.1 Å². The van der Waals surface area contributed by atoms with Crippen molar-refractivity contribution in [2.24, 2.45) is 0 Å². The molecule has 0 N–H and O–H groups in total. The molecule has 25 heavy (non-hydrogen) atoms. The van der Waals surface area contributed by atoms with E-state index in [-0.39, 0.29) is 5.91 Å². The van der Waals surface area contributed by atoms with E-state index in [0.29, 0.717) is 38.3 Å². The van der Waals surface area contributed by atoms with Crippen LogP contribution in [0.25, 0.3) is 0 Å². The standard InChI is InChI=1S/C17H16BrF3N2OS/c18-15-9-13(11-25-15)16(24)23-7-5-22(6-8-23)10-12-1-3-14(4-2-12)17(19,20)21/h1-4,9,11H,5-8,10H2. The molecular formula is C17H16BrF3N2OS. The molecule has 1 amide bonds. The molecule has 1 aromatic carbocycles. The number of benzene rings is 1. The van der Waals surface area contributed by atoms with Crippen molar-refractivity contribution in [3.8, 4) is 0 Å². The van der Waals surface area contributed by atoms with Gasteiger partial charge < -0.3 is 4.90 Å². The predicted molar refractivity (Wildman–Crippen MR) is 94.6 cm³/mol. The molecule has 1 aromatic heterocycles. The topological polar surface area (TPSA) is 23.6 Å². The normalized spacial score (nSPS) is 16.2. The van der Waals surface area contributed by atoms with Crippen molar-refractivity contribution in [1.82, 2.24) is 9.80 Å². The van der Waals surface area contributed by atoms with E-state index in [2.05, 4.69) is 20.8 Å². The summed E-state index contributed by atoms with van der Waals surface area (Å²) in [5.74, 6) is 0.0242. The van der Waals surface area contributed by atoms with Crippen molar-refractivity contribution in [2.75, 3.05) is 26.2 Å². The third kappa shape index (κ3) is 4.62. The quantitative estimate of drug-likeness (QED) is 0.713. The van der Waals surface area contributed by atoms with Gasteiger partial charge in [-0.3, -0.25) is 9.69 Å². The van der Waals surface area contributed by atoms with E-state index in [0.717, 1.165) is 21.5 Å². The molecule has 2 heterocycles. The summed E-state index contributed by atoms with van der Waals surface area (Å²) < 4.78 is 38.7. The lowest BCUT2D eigenvalue weighted by atomic mass is 10.1. The summed E-state index contributed by atoms with van der Waals surface area (Å²) in [6.45, 7) is 3.24. The molecule has 2 aromatic rings. The summed E-state index contributed by atoms with van der Waals surface area (Å²) in [6, 6.07) is 7.08. The monoisotopic (exact) mass is 432 g/mol. The lowest BCUT2D eigenvalue weighted by Gasteiger charge is -2.34. The van der Waals surface area contributed by atoms with Gasteiger partial charge in [-0.15, -0.1) is 11.3 Å². The highest BCUT2D eigenvalue weighted by Crippen LogP contribution is 2.29. The molecule has 1 fully saturated rings. The predicted octanol–water partition coefficient (Wildman–Crippen LogP) is 4.49. The molecule has 0 unspecified atom stereocenters. The van der Waals surface area contributed by atoms with E-state index in [1.807, 2.05) is 16.3 Å². The molecule has 0 saturated carbocycles. The van der Waals surface area contributed by atoms with Crippen LogP contribution in [0.3, 0.4) is 0 Å². The van der Waals surface area contributed by atoms with Crippen molar-refractivity contribution in [1.29, 1.82) is 0 Å². The van der Waals surface area contributed by atoms with E-state index in [9.17, 15) is 18.0 Å². The average Bonchev–Trinajstić information content (AvgIpc) is 3.01. The first-order valence-corrected chi connectivity index (χ1v) is 9.42. The number of amides is 1. The Balaban J connectivity index is 1.53. The second kappa shape index (κ2) is 7.47. The van der Waals surface area contributed by atoms with Gasteiger partial charge in [0.15, 0.2) is 0 Å². The van der Waals surface area contributed by atoms with Crippen LogP contribution < -0.4 is 0 Å². The molecule has 0 spiro atoms. The van der Waals surface area contributed by atoms with Crippen LogP contribution in [0.5, 0.6) is 0 Å². The Morgan fingerprint density at radius 1 is 1.12 bits per heavy atom. The summed E-state index contributed by atoms with van der Waals surface area (Å²) in [7, 11) is 0. The fraction of sp³-hybridized carbons (Fsp3) is 0.353. The fourth-order valence-electron chi connectivity index (χ4n) is 2.77. The summed E-state index contributed by atoms with van der Waals surface area (Å²) in [6.07, 6.45) is -4.30. The van der Waals surface area contributed by atoms with Gasteiger partial charge in [0.1, 0.15) is 0 Å². The zero-order chi connectivity index (χ0) is 18.0. The first-order valence-electron chi connectivity index (χ1n) is 7.75. The number of piperazine rings is 1. The van der Waals surface area contributed by atoms with E-state index in [4.69, 9.17) is 0 Å². The van der Waals surface area contributed by atoms with Gasteiger partial charge in [0.2, 0.25) is 0 Å². The van der Waals surface area contributed by atoms with Crippen LogP contribution in [-0.2, 0) is 12.7 Å². The highest BCUT2D eigenvalue weighted by Gasteiger charge is 2.30. The Hall–Kier alpha value is -1.38. The molecule has 0 radical (unpaired) electrons. The second-order valence-electron chi connectivity index (χ2n) is 5.90. The van der Waals surface area contributed by atoms with Crippen LogP contribution >= 0.6 is 27.3 Å². The van der Waals surface area contributed by atoms with Crippen LogP contribution in [0.1, 0.15) is 21.5 Å². The highest BCUT2D eigenvalue weighted by atomic mass is 79.9. The minimum atomic E-state index is -4.30. The lowest BCUT2D eigenvalue weighted by molar-refractivity contribution is -0.137. The van der Waals surface area contributed by atoms with Gasteiger partial charge in [0.25, 0.3) is 5.91 Å². The van der Waals surface area contributed by atoms with Crippen LogP contribution in [-0.4, -0.2) is 41.9 Å². The first kappa shape index (κ1) is 18.4. The number of thiophene rings is 1. The molecule has 1 aliphatic heterocycles. The Morgan fingerprint density at radius 3 is 2.28 bits per heavy atom. The molecular weight excluding hydrogens is 417 g/mol. The Morgan fingerprint density at radius 2 is 1.76 bits per heavy atom. The van der Waals surface area contributed by atoms with Crippen LogP contribution in [0, 0.1) is 0 Å². The minimum absolute atomic E-state index is 0.0242. The highest BCUT2D eigenvalue weighted by molar-refractivity contribution is 9.11. The number of halogens is 4. The maximum Gasteiger partial charge on any atom is 0.416 e. The molecule has 0 bridgehead atoms. The summed E-state index contributed by atoms with van der Waals surface area (Å²) in [5, 5.41) is 1.83. The maximum absolute atomic E-state index is 12.6. The fourth-order valence-corrected chi connectivity index (χ4v) is 3.90. The van der Waals surface area contributed by atoms with Crippen molar-refractivity contribution >= 4 is 33.2 Å². The van der Waals surface area contributed by atoms with E-state index < -0.39 is 11.7 Å². The third-order valence-corrected chi connectivity index (χ3v) is 5.67. The number of hydrogen-bond donors (Lipinski definition) is 0. The summed E-state index contributed by atoms with van der Waals surface area (Å²) in [4.78, 5) is 16.4. The van der Waals surface area contributed by atoms with E-state index in [1.165, 1.54) is 23.5 Å². The number of nitrogens with zero attached hydrogens (tertiary/aromatic N) is 2. The van der Waals surface area contributed by atoms with Crippen molar-refractivity contribution in [2.45, 2.75) is 12.7 Å². The van der Waals surface area contributed by atoms with Gasteiger partial charge in [-0.05, 0) is 39.7 Å². The Bertz CT molecular complexity index is 737. The number of rotatable bonds is 3. The van der Waals surface area contributed by atoms with Gasteiger partial charge in [0, 0.05) is 38.1 Å². The van der Waals surface area contributed by atoms with Crippen molar-refractivity contribution in [3.63, 3.8) is 0 Å². The second-order valence-corrected chi connectivity index (χ2v) is 8.19. The smallest absolute Gasteiger partial charge is 0.336 e. The SMILES string of the molecule is O=C(c1csc(Br)c1)N1CCN(Cc2ccc(C(F)(F)F)cc2)CC1. The summed E-state index contributed by atoms with van der Waals surface area (Å²) in [5.41, 5.74) is 0.899. The maximum atomic E-state index is 12.6. The molecule has 3 nitrogen and oxygen atoms in total. The zero-order valence-corrected chi connectivity index (χ0v) is 15.6. The molecule has 0 aliphatic carbocycles. The van der Waals surface area contributed by atoms with E-state index >= 15 is 0 Å². The molecule has 1 saturated heterocycles. The number of carbonyl (C=O) groups excluding carboxylic acids is 1. The van der Waals surface area contributed by atoms with Gasteiger partial charge in [-0.2, -0.15) is 13.2 Å². The average molecular weight is 433 g/mol. The number of hydrogen-bond acceptors (Lipinski definition) is 3. The molecule has 134 valence electrons. The minimum Gasteiger partial charge on any atom is -0.336 e. The number of alkyl halides is 3. The van der Waals surface area contributed by atoms with Crippen LogP contribution in [0.15, 0.2) is 39.5 Å². The molecule has 8 heteroatoms. The van der Waals surface area contributed by atoms with Gasteiger partial charge in [-0.25, -0.2) is 0 Å². The molecule has 0 atom stereocenters. The van der Waals surface area contributed by atoms with Crippen LogP contribution in [0.4, 0.5) is 13.2 Å². The first-order chi connectivity index (χ1) is 11.8. The van der Waals surface area contributed by atoms with Crippen molar-refractivity contribution in [3.05, 3.63) is 56.2 Å². The third-order valence-electron chi connectivity index (χ3n) is 4.16. The van der Waals surface area contributed by atoms with E-state index in [1.54, 1.807) is 0 Å². The molecule has 1 aliphatic rings. The summed E-state index contributed by atoms with van der Waals surface area (Å²) >= 11 is 4.84. The lowest BCUT2D eigenvalue weighted by Crippen LogP contribution is -2.48. The molecule has 3 rings (SSSR count). The van der Waals surface area contributed by atoms with Gasteiger partial charge >= 0.3 is 6.18 Å². The van der Waals surface area contributed by atoms with Crippen molar-refractivity contribution < 1.29 is 18.0 Å². The Kier molecular flexibility index (Phi) is 5.50. The largest absolute Gasteiger partial charge is 0.416 e. The zero-order valence-electron chi connectivity index (χ0n) is 13.2. The van der Waals surface area contributed by atoms with Gasteiger partial charge in [0.05, 0.1) is 14.9 Å². The van der Waals surface area contributed by atoms with Crippen LogP contribution in [0.2, 0.25) is 0 Å². The number of carbonyl (C=O) groups is 1.